The molecule has 100 valence electrons. The number of nitrogens with one attached hydrogen (secondary N) is 1. The van der Waals surface area contributed by atoms with E-state index in [0.29, 0.717) is 18.1 Å². The Balaban J connectivity index is 0.00000162. The first-order valence-corrected chi connectivity index (χ1v) is 5.81. The van der Waals surface area contributed by atoms with Crippen LogP contribution >= 0.6 is 12.4 Å². The van der Waals surface area contributed by atoms with Crippen molar-refractivity contribution in [2.45, 2.75) is 6.42 Å². The van der Waals surface area contributed by atoms with Crippen molar-refractivity contribution in [3.63, 3.8) is 0 Å². The fourth-order valence-electron chi connectivity index (χ4n) is 1.90. The zero-order chi connectivity index (χ0) is 12.1. The molecule has 1 aromatic rings. The Bertz CT molecular complexity index is 392. The van der Waals surface area contributed by atoms with Gasteiger partial charge in [-0.05, 0) is 31.2 Å². The first-order chi connectivity index (χ1) is 8.29. The monoisotopic (exact) mass is 271 g/mol. The molecule has 0 amide bonds. The van der Waals surface area contributed by atoms with Gasteiger partial charge in [-0.2, -0.15) is 0 Å². The van der Waals surface area contributed by atoms with E-state index in [0.717, 1.165) is 25.3 Å². The Morgan fingerprint density at radius 3 is 3.00 bits per heavy atom. The lowest BCUT2D eigenvalue weighted by atomic mass is 10.1. The number of ether oxygens (including phenoxy) is 2. The van der Waals surface area contributed by atoms with Gasteiger partial charge < -0.3 is 14.8 Å². The summed E-state index contributed by atoms with van der Waals surface area (Å²) in [6, 6.07) is 7.09. The van der Waals surface area contributed by atoms with Gasteiger partial charge in [0.05, 0.1) is 19.3 Å². The molecule has 1 N–H and O–H groups in total. The van der Waals surface area contributed by atoms with Crippen LogP contribution in [0, 0.1) is 5.92 Å². The second-order valence-corrected chi connectivity index (χ2v) is 4.19. The van der Waals surface area contributed by atoms with Crippen molar-refractivity contribution >= 4 is 18.4 Å². The average molecular weight is 272 g/mol. The minimum atomic E-state index is -0.335. The van der Waals surface area contributed by atoms with E-state index in [2.05, 4.69) is 10.1 Å². The molecule has 1 aromatic carbocycles. The Morgan fingerprint density at radius 2 is 2.33 bits per heavy atom. The van der Waals surface area contributed by atoms with Gasteiger partial charge in [-0.3, -0.25) is 0 Å². The van der Waals surface area contributed by atoms with Crippen LogP contribution in [0.1, 0.15) is 16.8 Å². The summed E-state index contributed by atoms with van der Waals surface area (Å²) in [5.41, 5.74) is 0.523. The van der Waals surface area contributed by atoms with Crippen LogP contribution in [0.5, 0.6) is 5.75 Å². The summed E-state index contributed by atoms with van der Waals surface area (Å²) in [6.07, 6.45) is 1.15. The van der Waals surface area contributed by atoms with Crippen LogP contribution in [0.3, 0.4) is 0 Å². The van der Waals surface area contributed by atoms with E-state index < -0.39 is 0 Å². The largest absolute Gasteiger partial charge is 0.493 e. The molecule has 18 heavy (non-hydrogen) atoms. The van der Waals surface area contributed by atoms with Crippen molar-refractivity contribution in [1.82, 2.24) is 5.32 Å². The highest BCUT2D eigenvalue weighted by atomic mass is 35.5. The molecular formula is C13H18ClNO3. The van der Waals surface area contributed by atoms with Crippen molar-refractivity contribution in [2.75, 3.05) is 26.8 Å². The van der Waals surface area contributed by atoms with E-state index >= 15 is 0 Å². The molecule has 1 aliphatic heterocycles. The van der Waals surface area contributed by atoms with Gasteiger partial charge in [0.15, 0.2) is 0 Å². The number of methoxy groups -OCH3 is 1. The topological polar surface area (TPSA) is 47.6 Å². The molecule has 5 heteroatoms. The van der Waals surface area contributed by atoms with Gasteiger partial charge in [-0.25, -0.2) is 4.79 Å². The maximum absolute atomic E-state index is 11.3. The Morgan fingerprint density at radius 1 is 1.50 bits per heavy atom. The molecule has 1 fully saturated rings. The lowest BCUT2D eigenvalue weighted by molar-refractivity contribution is 0.0600. The molecular weight excluding hydrogens is 254 g/mol. The molecule has 1 aliphatic rings. The third-order valence-corrected chi connectivity index (χ3v) is 2.90. The van der Waals surface area contributed by atoms with E-state index in [4.69, 9.17) is 4.74 Å². The number of hydrogen-bond acceptors (Lipinski definition) is 4. The van der Waals surface area contributed by atoms with Crippen molar-refractivity contribution < 1.29 is 14.3 Å². The Labute approximate surface area is 113 Å². The van der Waals surface area contributed by atoms with Gasteiger partial charge in [0, 0.05) is 12.5 Å². The predicted molar refractivity (Wildman–Crippen MR) is 71.5 cm³/mol. The Kier molecular flexibility index (Phi) is 5.95. The van der Waals surface area contributed by atoms with Gasteiger partial charge in [0.2, 0.25) is 0 Å². The quantitative estimate of drug-likeness (QED) is 0.850. The normalized spacial score (nSPS) is 17.9. The van der Waals surface area contributed by atoms with E-state index in [1.807, 2.05) is 6.07 Å². The summed E-state index contributed by atoms with van der Waals surface area (Å²) >= 11 is 0. The molecule has 0 aromatic heterocycles. The molecule has 0 radical (unpaired) electrons. The van der Waals surface area contributed by atoms with Gasteiger partial charge in [-0.15, -0.1) is 12.4 Å². The lowest BCUT2D eigenvalue weighted by Gasteiger charge is -2.11. The number of esters is 1. The third-order valence-electron chi connectivity index (χ3n) is 2.90. The molecule has 0 aliphatic carbocycles. The summed E-state index contributed by atoms with van der Waals surface area (Å²) in [6.45, 7) is 2.77. The van der Waals surface area contributed by atoms with Gasteiger partial charge in [0.1, 0.15) is 5.75 Å². The van der Waals surface area contributed by atoms with Gasteiger partial charge in [-0.1, -0.05) is 6.07 Å². The molecule has 4 nitrogen and oxygen atoms in total. The van der Waals surface area contributed by atoms with Crippen molar-refractivity contribution in [3.8, 4) is 5.75 Å². The van der Waals surface area contributed by atoms with Crippen LogP contribution in [-0.2, 0) is 4.74 Å². The first kappa shape index (κ1) is 14.8. The molecule has 1 saturated heterocycles. The van der Waals surface area contributed by atoms with Crippen LogP contribution in [0.4, 0.5) is 0 Å². The zero-order valence-corrected chi connectivity index (χ0v) is 11.2. The van der Waals surface area contributed by atoms with Crippen molar-refractivity contribution in [1.29, 1.82) is 0 Å². The molecule has 0 spiro atoms. The van der Waals surface area contributed by atoms with E-state index in [-0.39, 0.29) is 18.4 Å². The smallest absolute Gasteiger partial charge is 0.337 e. The number of carbonyl (C=O) groups excluding carboxylic acids is 1. The number of halogens is 1. The second-order valence-electron chi connectivity index (χ2n) is 4.19. The molecule has 1 unspecified atom stereocenters. The molecule has 0 bridgehead atoms. The van der Waals surface area contributed by atoms with Crippen LogP contribution in [0.25, 0.3) is 0 Å². The van der Waals surface area contributed by atoms with Crippen LogP contribution < -0.4 is 10.1 Å². The summed E-state index contributed by atoms with van der Waals surface area (Å²) in [5.74, 6) is 0.953. The fourth-order valence-corrected chi connectivity index (χ4v) is 1.90. The number of benzene rings is 1. The summed E-state index contributed by atoms with van der Waals surface area (Å²) < 4.78 is 10.3. The lowest BCUT2D eigenvalue weighted by Crippen LogP contribution is -2.15. The summed E-state index contributed by atoms with van der Waals surface area (Å²) in [7, 11) is 1.38. The van der Waals surface area contributed by atoms with Crippen LogP contribution in [-0.4, -0.2) is 32.8 Å². The van der Waals surface area contributed by atoms with Crippen molar-refractivity contribution in [3.05, 3.63) is 29.8 Å². The second kappa shape index (κ2) is 7.24. The Hall–Kier alpha value is -1.26. The summed E-state index contributed by atoms with van der Waals surface area (Å²) in [5, 5.41) is 3.29. The summed E-state index contributed by atoms with van der Waals surface area (Å²) in [4.78, 5) is 11.3. The van der Waals surface area contributed by atoms with Gasteiger partial charge >= 0.3 is 5.97 Å². The zero-order valence-electron chi connectivity index (χ0n) is 10.3. The molecule has 1 heterocycles. The predicted octanol–water partition coefficient (Wildman–Crippen LogP) is 1.88. The van der Waals surface area contributed by atoms with E-state index in [9.17, 15) is 4.79 Å². The van der Waals surface area contributed by atoms with Crippen LogP contribution in [0.2, 0.25) is 0 Å². The van der Waals surface area contributed by atoms with Crippen molar-refractivity contribution in [2.24, 2.45) is 5.92 Å². The van der Waals surface area contributed by atoms with E-state index in [1.54, 1.807) is 18.2 Å². The highest BCUT2D eigenvalue weighted by Crippen LogP contribution is 2.16. The maximum atomic E-state index is 11.3. The number of hydrogen-bond donors (Lipinski definition) is 1. The molecule has 0 saturated carbocycles. The molecule has 2 rings (SSSR count). The minimum absolute atomic E-state index is 0. The average Bonchev–Trinajstić information content (AvgIpc) is 2.89. The fraction of sp³-hybridized carbons (Fsp3) is 0.462. The maximum Gasteiger partial charge on any atom is 0.337 e. The SMILES string of the molecule is COC(=O)c1cccc(OCC2CCNC2)c1.Cl. The van der Waals surface area contributed by atoms with Crippen LogP contribution in [0.15, 0.2) is 24.3 Å². The first-order valence-electron chi connectivity index (χ1n) is 5.81. The highest BCUT2D eigenvalue weighted by molar-refractivity contribution is 5.89. The number of rotatable bonds is 4. The molecule has 1 atom stereocenters. The van der Waals surface area contributed by atoms with E-state index in [1.165, 1.54) is 7.11 Å². The standard InChI is InChI=1S/C13H17NO3.ClH/c1-16-13(15)11-3-2-4-12(7-11)17-9-10-5-6-14-8-10;/h2-4,7,10,14H,5-6,8-9H2,1H3;1H. The van der Waals surface area contributed by atoms with Gasteiger partial charge in [0.25, 0.3) is 0 Å². The minimum Gasteiger partial charge on any atom is -0.493 e. The highest BCUT2D eigenvalue weighted by Gasteiger charge is 2.15. The third kappa shape index (κ3) is 3.89. The number of carbonyl (C=O) groups is 1.